The summed E-state index contributed by atoms with van der Waals surface area (Å²) in [5, 5.41) is 0.672. The number of ether oxygens (including phenoxy) is 1. The second kappa shape index (κ2) is 4.90. The third kappa shape index (κ3) is 2.87. The molecule has 0 atom stereocenters. The Morgan fingerprint density at radius 1 is 0.882 bits per heavy atom. The minimum absolute atomic E-state index is 0.0789. The fourth-order valence-electron chi connectivity index (χ4n) is 1.23. The molecule has 0 saturated heterocycles. The van der Waals surface area contributed by atoms with E-state index < -0.39 is 11.6 Å². The Morgan fingerprint density at radius 2 is 1.65 bits per heavy atom. The highest BCUT2D eigenvalue weighted by Gasteiger charge is 2.07. The molecule has 0 radical (unpaired) electrons. The summed E-state index contributed by atoms with van der Waals surface area (Å²) in [6.45, 7) is 0. The van der Waals surface area contributed by atoms with Crippen molar-refractivity contribution < 1.29 is 13.5 Å². The van der Waals surface area contributed by atoms with E-state index in [1.807, 2.05) is 0 Å². The first-order valence-corrected chi connectivity index (χ1v) is 5.40. The molecule has 0 aliphatic carbocycles. The van der Waals surface area contributed by atoms with Gasteiger partial charge in [-0.1, -0.05) is 23.2 Å². The number of halogens is 4. The van der Waals surface area contributed by atoms with E-state index in [9.17, 15) is 8.78 Å². The number of hydrogen-bond donors (Lipinski definition) is 0. The van der Waals surface area contributed by atoms with Crippen LogP contribution in [0.2, 0.25) is 10.0 Å². The van der Waals surface area contributed by atoms with Gasteiger partial charge < -0.3 is 4.74 Å². The molecule has 0 saturated carbocycles. The van der Waals surface area contributed by atoms with Crippen LogP contribution in [0, 0.1) is 11.6 Å². The minimum Gasteiger partial charge on any atom is -0.454 e. The molecular formula is C12H6Cl2F2O. The van der Waals surface area contributed by atoms with E-state index in [4.69, 9.17) is 27.9 Å². The zero-order chi connectivity index (χ0) is 12.4. The lowest BCUT2D eigenvalue weighted by Gasteiger charge is -2.07. The molecule has 0 aliphatic heterocycles. The van der Waals surface area contributed by atoms with Gasteiger partial charge in [0.05, 0.1) is 10.0 Å². The summed E-state index contributed by atoms with van der Waals surface area (Å²) in [5.41, 5.74) is 0. The van der Waals surface area contributed by atoms with Crippen LogP contribution in [-0.4, -0.2) is 0 Å². The Bertz CT molecular complexity index is 558. The third-order valence-electron chi connectivity index (χ3n) is 2.01. The molecular weight excluding hydrogens is 269 g/mol. The van der Waals surface area contributed by atoms with Crippen LogP contribution >= 0.6 is 23.2 Å². The lowest BCUT2D eigenvalue weighted by atomic mass is 10.3. The van der Waals surface area contributed by atoms with Gasteiger partial charge in [0.2, 0.25) is 0 Å². The van der Waals surface area contributed by atoms with Crippen LogP contribution in [0.15, 0.2) is 36.4 Å². The van der Waals surface area contributed by atoms with E-state index in [2.05, 4.69) is 0 Å². The summed E-state index contributed by atoms with van der Waals surface area (Å²) in [5.74, 6) is -1.20. The second-order valence-corrected chi connectivity index (χ2v) is 4.07. The van der Waals surface area contributed by atoms with E-state index in [-0.39, 0.29) is 5.75 Å². The van der Waals surface area contributed by atoms with Gasteiger partial charge in [0.1, 0.15) is 11.6 Å². The zero-order valence-electron chi connectivity index (χ0n) is 8.38. The first-order chi connectivity index (χ1) is 8.06. The molecule has 0 spiro atoms. The summed E-state index contributed by atoms with van der Waals surface area (Å²) < 4.78 is 31.2. The van der Waals surface area contributed by atoms with Crippen molar-refractivity contribution in [2.75, 3.05) is 0 Å². The Balaban J connectivity index is 2.28. The Morgan fingerprint density at radius 3 is 2.29 bits per heavy atom. The maximum Gasteiger partial charge on any atom is 0.168 e. The summed E-state index contributed by atoms with van der Waals surface area (Å²) in [4.78, 5) is 0. The molecule has 2 rings (SSSR count). The Hall–Kier alpha value is -1.32. The van der Waals surface area contributed by atoms with Crippen LogP contribution in [0.25, 0.3) is 0 Å². The molecule has 1 nitrogen and oxygen atoms in total. The molecule has 0 unspecified atom stereocenters. The molecule has 0 aromatic heterocycles. The maximum absolute atomic E-state index is 13.3. The molecule has 0 fully saturated rings. The highest BCUT2D eigenvalue weighted by Crippen LogP contribution is 2.30. The third-order valence-corrected chi connectivity index (χ3v) is 2.75. The predicted molar refractivity (Wildman–Crippen MR) is 62.9 cm³/mol. The summed E-state index contributed by atoms with van der Waals surface area (Å²) in [7, 11) is 0. The van der Waals surface area contributed by atoms with E-state index in [0.29, 0.717) is 15.8 Å². The quantitative estimate of drug-likeness (QED) is 0.744. The largest absolute Gasteiger partial charge is 0.454 e. The summed E-state index contributed by atoms with van der Waals surface area (Å²) in [6, 6.07) is 7.57. The average molecular weight is 275 g/mol. The second-order valence-electron chi connectivity index (χ2n) is 3.25. The fourth-order valence-corrected chi connectivity index (χ4v) is 1.51. The minimum atomic E-state index is -0.781. The van der Waals surface area contributed by atoms with Gasteiger partial charge in [-0.15, -0.1) is 0 Å². The molecule has 5 heteroatoms. The standard InChI is InChI=1S/C12H6Cl2F2O/c13-9-3-2-8(6-10(9)14)17-12-4-1-7(15)5-11(12)16/h1-6H. The van der Waals surface area contributed by atoms with Crippen LogP contribution < -0.4 is 4.74 Å². The van der Waals surface area contributed by atoms with Gasteiger partial charge in [-0.2, -0.15) is 0 Å². The van der Waals surface area contributed by atoms with Gasteiger partial charge in [0.25, 0.3) is 0 Å². The van der Waals surface area contributed by atoms with Crippen LogP contribution in [-0.2, 0) is 0 Å². The number of hydrogen-bond acceptors (Lipinski definition) is 1. The molecule has 88 valence electrons. The van der Waals surface area contributed by atoms with Crippen molar-refractivity contribution in [2.45, 2.75) is 0 Å². The van der Waals surface area contributed by atoms with E-state index in [1.165, 1.54) is 24.3 Å². The molecule has 2 aromatic rings. The fraction of sp³-hybridized carbons (Fsp3) is 0. The highest BCUT2D eigenvalue weighted by atomic mass is 35.5. The van der Waals surface area contributed by atoms with Crippen molar-refractivity contribution in [1.29, 1.82) is 0 Å². The van der Waals surface area contributed by atoms with Crippen molar-refractivity contribution in [3.63, 3.8) is 0 Å². The summed E-state index contributed by atoms with van der Waals surface area (Å²) >= 11 is 11.5. The van der Waals surface area contributed by atoms with Crippen molar-refractivity contribution in [1.82, 2.24) is 0 Å². The van der Waals surface area contributed by atoms with Crippen molar-refractivity contribution in [2.24, 2.45) is 0 Å². The van der Waals surface area contributed by atoms with Gasteiger partial charge in [-0.05, 0) is 24.3 Å². The summed E-state index contributed by atoms with van der Waals surface area (Å²) in [6.07, 6.45) is 0. The first-order valence-electron chi connectivity index (χ1n) is 4.64. The smallest absolute Gasteiger partial charge is 0.168 e. The van der Waals surface area contributed by atoms with Gasteiger partial charge in [-0.25, -0.2) is 8.78 Å². The number of rotatable bonds is 2. The van der Waals surface area contributed by atoms with Crippen molar-refractivity contribution in [3.8, 4) is 11.5 Å². The van der Waals surface area contributed by atoms with E-state index in [0.717, 1.165) is 12.1 Å². The molecule has 2 aromatic carbocycles. The van der Waals surface area contributed by atoms with E-state index >= 15 is 0 Å². The molecule has 0 bridgehead atoms. The van der Waals surface area contributed by atoms with Crippen LogP contribution in [0.4, 0.5) is 8.78 Å². The Labute approximate surface area is 107 Å². The lowest BCUT2D eigenvalue weighted by Crippen LogP contribution is -1.89. The van der Waals surface area contributed by atoms with Crippen LogP contribution in [0.5, 0.6) is 11.5 Å². The first kappa shape index (κ1) is 12.1. The molecule has 0 N–H and O–H groups in total. The molecule has 0 amide bonds. The normalized spacial score (nSPS) is 10.4. The predicted octanol–water partition coefficient (Wildman–Crippen LogP) is 5.06. The van der Waals surface area contributed by atoms with Crippen molar-refractivity contribution >= 4 is 23.2 Å². The highest BCUT2D eigenvalue weighted by molar-refractivity contribution is 6.42. The topological polar surface area (TPSA) is 9.23 Å². The molecule has 0 aliphatic rings. The monoisotopic (exact) mass is 274 g/mol. The van der Waals surface area contributed by atoms with Crippen molar-refractivity contribution in [3.05, 3.63) is 58.1 Å². The lowest BCUT2D eigenvalue weighted by molar-refractivity contribution is 0.438. The maximum atomic E-state index is 13.3. The van der Waals surface area contributed by atoms with Crippen LogP contribution in [0.3, 0.4) is 0 Å². The van der Waals surface area contributed by atoms with Gasteiger partial charge in [-0.3, -0.25) is 0 Å². The molecule has 0 heterocycles. The van der Waals surface area contributed by atoms with Gasteiger partial charge >= 0.3 is 0 Å². The molecule has 17 heavy (non-hydrogen) atoms. The number of benzene rings is 2. The SMILES string of the molecule is Fc1ccc(Oc2ccc(Cl)c(Cl)c2)c(F)c1. The van der Waals surface area contributed by atoms with Gasteiger partial charge in [0, 0.05) is 12.1 Å². The zero-order valence-corrected chi connectivity index (χ0v) is 9.90. The van der Waals surface area contributed by atoms with Crippen LogP contribution in [0.1, 0.15) is 0 Å². The van der Waals surface area contributed by atoms with Gasteiger partial charge in [0.15, 0.2) is 11.6 Å². The van der Waals surface area contributed by atoms with E-state index in [1.54, 1.807) is 0 Å². The Kier molecular flexibility index (Phi) is 3.50. The average Bonchev–Trinajstić information content (AvgIpc) is 2.27.